The second-order valence-electron chi connectivity index (χ2n) is 11.6. The summed E-state index contributed by atoms with van der Waals surface area (Å²) in [5, 5.41) is 37.8. The highest BCUT2D eigenvalue weighted by atomic mass is 35.5. The molecule has 0 saturated carbocycles. The summed E-state index contributed by atoms with van der Waals surface area (Å²) in [6.45, 7) is 6.29. The average molecular weight is 637 g/mol. The molecular weight excluding hydrogens is 601 g/mol. The van der Waals surface area contributed by atoms with Crippen LogP contribution in [0.3, 0.4) is 0 Å². The largest absolute Gasteiger partial charge is 0.484 e. The highest BCUT2D eigenvalue weighted by molar-refractivity contribution is 6.40. The Morgan fingerprint density at radius 2 is 1.77 bits per heavy atom. The van der Waals surface area contributed by atoms with Crippen molar-refractivity contribution < 1.29 is 14.6 Å². The van der Waals surface area contributed by atoms with Gasteiger partial charge >= 0.3 is 6.03 Å². The fourth-order valence-electron chi connectivity index (χ4n) is 5.23. The quantitative estimate of drug-likeness (QED) is 0.118. The number of rotatable bonds is 7. The first-order chi connectivity index (χ1) is 21.0. The molecule has 5 rings (SSSR count). The summed E-state index contributed by atoms with van der Waals surface area (Å²) < 4.78 is 9.40. The predicted octanol–water partition coefficient (Wildman–Crippen LogP) is 6.41. The number of aliphatic hydroxyl groups is 1. The molecular formula is C32H35Cl2N7O3. The lowest BCUT2D eigenvalue weighted by Crippen LogP contribution is -2.36. The van der Waals surface area contributed by atoms with Gasteiger partial charge < -0.3 is 15.2 Å². The van der Waals surface area contributed by atoms with E-state index in [0.29, 0.717) is 40.0 Å². The second-order valence-corrected chi connectivity index (χ2v) is 12.5. The number of halogens is 2. The summed E-state index contributed by atoms with van der Waals surface area (Å²) in [5.41, 5.74) is 2.89. The molecule has 2 aromatic carbocycles. The molecule has 1 aliphatic carbocycles. The molecule has 10 nitrogen and oxygen atoms in total. The third kappa shape index (κ3) is 6.67. The lowest BCUT2D eigenvalue weighted by Gasteiger charge is -2.32. The molecule has 12 heteroatoms. The minimum atomic E-state index is -0.368. The van der Waals surface area contributed by atoms with Gasteiger partial charge in [-0.05, 0) is 48.2 Å². The number of hydrogen-bond donors (Lipinski definition) is 5. The van der Waals surface area contributed by atoms with E-state index >= 15 is 0 Å². The van der Waals surface area contributed by atoms with Gasteiger partial charge in [-0.2, -0.15) is 5.10 Å². The van der Waals surface area contributed by atoms with Crippen molar-refractivity contribution in [2.24, 2.45) is 0 Å². The summed E-state index contributed by atoms with van der Waals surface area (Å²) in [6.07, 6.45) is 2.52. The second kappa shape index (κ2) is 12.9. The molecule has 230 valence electrons. The molecule has 2 unspecified atom stereocenters. The molecule has 44 heavy (non-hydrogen) atoms. The van der Waals surface area contributed by atoms with Crippen LogP contribution in [0.2, 0.25) is 10.0 Å². The predicted molar refractivity (Wildman–Crippen MR) is 171 cm³/mol. The number of carbonyl (C=O) groups excluding carboxylic acids is 1. The average Bonchev–Trinajstić information content (AvgIpc) is 3.38. The van der Waals surface area contributed by atoms with E-state index < -0.39 is 0 Å². The lowest BCUT2D eigenvalue weighted by molar-refractivity contribution is 0.171. The molecule has 5 N–H and O–H groups in total. The molecule has 0 radical (unpaired) electrons. The summed E-state index contributed by atoms with van der Waals surface area (Å²) in [5.74, 6) is 0.955. The molecule has 0 fully saturated rings. The Labute approximate surface area is 265 Å². The SMILES string of the molecule is CC(C)(C)c1cc(NC(=O)NC2CCC(Oc3ccc(=N)n(C(=N)c4c(Cl)cccc4Cl)c3)c3ccccc32)n(CCO)n1. The standard InChI is InChI=1S/C32H35Cl2N7O3/c1-32(2,3)26-17-28(41(39-26)15-16-42)38-31(43)37-24-12-13-25(21-8-5-4-7-20(21)24)44-19-11-14-27(35)40(18-19)30(36)29-22(33)9-6-10-23(29)34/h4-11,14,17-18,24-25,35-36,42H,12-13,15-16H2,1-3H3,(H2,37,38,43). The van der Waals surface area contributed by atoms with Crippen LogP contribution >= 0.6 is 23.2 Å². The molecule has 0 saturated heterocycles. The zero-order valence-electron chi connectivity index (χ0n) is 24.7. The van der Waals surface area contributed by atoms with Crippen LogP contribution in [0.5, 0.6) is 5.75 Å². The van der Waals surface area contributed by atoms with Crippen LogP contribution in [0.25, 0.3) is 0 Å². The van der Waals surface area contributed by atoms with Crippen molar-refractivity contribution in [1.29, 1.82) is 10.8 Å². The Balaban J connectivity index is 1.33. The Kier molecular flexibility index (Phi) is 9.15. The van der Waals surface area contributed by atoms with Gasteiger partial charge in [0.05, 0.1) is 46.7 Å². The van der Waals surface area contributed by atoms with Crippen molar-refractivity contribution in [3.63, 3.8) is 0 Å². The number of benzene rings is 2. The fourth-order valence-corrected chi connectivity index (χ4v) is 5.80. The minimum absolute atomic E-state index is 0.0367. The first-order valence-corrected chi connectivity index (χ1v) is 15.0. The Hall–Kier alpha value is -4.12. The maximum atomic E-state index is 13.2. The van der Waals surface area contributed by atoms with E-state index in [0.717, 1.165) is 16.8 Å². The van der Waals surface area contributed by atoms with E-state index in [1.165, 1.54) is 4.57 Å². The number of aliphatic hydroxyl groups excluding tert-OH is 1. The van der Waals surface area contributed by atoms with Gasteiger partial charge in [-0.1, -0.05) is 74.3 Å². The monoisotopic (exact) mass is 635 g/mol. The minimum Gasteiger partial charge on any atom is -0.484 e. The third-order valence-electron chi connectivity index (χ3n) is 7.48. The smallest absolute Gasteiger partial charge is 0.320 e. The Morgan fingerprint density at radius 1 is 1.07 bits per heavy atom. The lowest BCUT2D eigenvalue weighted by atomic mass is 9.85. The van der Waals surface area contributed by atoms with E-state index in [1.807, 2.05) is 51.1 Å². The van der Waals surface area contributed by atoms with Gasteiger partial charge in [0, 0.05) is 11.5 Å². The summed E-state index contributed by atoms with van der Waals surface area (Å²) >= 11 is 12.7. The van der Waals surface area contributed by atoms with E-state index in [1.54, 1.807) is 41.2 Å². The number of aromatic nitrogens is 3. The van der Waals surface area contributed by atoms with Gasteiger partial charge in [0.15, 0.2) is 0 Å². The highest BCUT2D eigenvalue weighted by Crippen LogP contribution is 2.39. The van der Waals surface area contributed by atoms with Gasteiger partial charge in [-0.15, -0.1) is 0 Å². The molecule has 0 aliphatic heterocycles. The van der Waals surface area contributed by atoms with E-state index in [2.05, 4.69) is 15.7 Å². The number of anilines is 1. The number of ether oxygens (including phenoxy) is 1. The summed E-state index contributed by atoms with van der Waals surface area (Å²) in [6, 6.07) is 17.3. The zero-order valence-corrected chi connectivity index (χ0v) is 26.2. The summed E-state index contributed by atoms with van der Waals surface area (Å²) in [7, 11) is 0. The molecule has 0 bridgehead atoms. The number of pyridine rings is 1. The van der Waals surface area contributed by atoms with Crippen molar-refractivity contribution in [2.45, 2.75) is 57.7 Å². The number of urea groups is 1. The number of hydrogen-bond acceptors (Lipinski definition) is 6. The zero-order chi connectivity index (χ0) is 31.6. The summed E-state index contributed by atoms with van der Waals surface area (Å²) in [4.78, 5) is 13.2. The van der Waals surface area contributed by atoms with Crippen LogP contribution in [0.4, 0.5) is 10.6 Å². The molecule has 0 spiro atoms. The first kappa shape index (κ1) is 31.3. The number of nitrogens with zero attached hydrogens (tertiary/aromatic N) is 3. The normalized spacial score (nSPS) is 16.2. The maximum absolute atomic E-state index is 13.2. The number of carbonyl (C=O) groups is 1. The van der Waals surface area contributed by atoms with Gasteiger partial charge in [0.2, 0.25) is 0 Å². The molecule has 2 atom stereocenters. The first-order valence-electron chi connectivity index (χ1n) is 14.3. The topological polar surface area (TPSA) is 141 Å². The molecule has 2 amide bonds. The van der Waals surface area contributed by atoms with Crippen molar-refractivity contribution in [2.75, 3.05) is 11.9 Å². The van der Waals surface area contributed by atoms with Gasteiger partial charge in [0.25, 0.3) is 0 Å². The Bertz CT molecular complexity index is 1740. The molecule has 2 heterocycles. The molecule has 2 aromatic heterocycles. The van der Waals surface area contributed by atoms with Gasteiger partial charge in [0.1, 0.15) is 29.0 Å². The molecule has 4 aromatic rings. The van der Waals surface area contributed by atoms with Crippen molar-refractivity contribution >= 4 is 40.9 Å². The van der Waals surface area contributed by atoms with Crippen LogP contribution in [0.15, 0.2) is 66.9 Å². The van der Waals surface area contributed by atoms with Crippen molar-refractivity contribution in [3.8, 4) is 5.75 Å². The van der Waals surface area contributed by atoms with Crippen LogP contribution in [-0.2, 0) is 12.0 Å². The van der Waals surface area contributed by atoms with Crippen LogP contribution in [0, 0.1) is 10.8 Å². The number of amides is 2. The number of fused-ring (bicyclic) bond motifs is 1. The third-order valence-corrected chi connectivity index (χ3v) is 8.11. The number of nitrogens with one attached hydrogen (secondary N) is 4. The van der Waals surface area contributed by atoms with Crippen LogP contribution in [-0.4, -0.2) is 37.9 Å². The van der Waals surface area contributed by atoms with E-state index in [4.69, 9.17) is 38.8 Å². The maximum Gasteiger partial charge on any atom is 0.320 e. The molecule has 1 aliphatic rings. The Morgan fingerprint density at radius 3 is 2.45 bits per heavy atom. The van der Waals surface area contributed by atoms with Crippen LogP contribution < -0.4 is 20.9 Å². The fraction of sp³-hybridized carbons (Fsp3) is 0.312. The van der Waals surface area contributed by atoms with E-state index in [-0.39, 0.29) is 48.1 Å². The van der Waals surface area contributed by atoms with Crippen molar-refractivity contribution in [1.82, 2.24) is 19.7 Å². The highest BCUT2D eigenvalue weighted by Gasteiger charge is 2.30. The van der Waals surface area contributed by atoms with Gasteiger partial charge in [-0.3, -0.25) is 20.7 Å². The van der Waals surface area contributed by atoms with Crippen LogP contribution in [0.1, 0.15) is 68.1 Å². The van der Waals surface area contributed by atoms with Crippen molar-refractivity contribution in [3.05, 3.63) is 105 Å². The van der Waals surface area contributed by atoms with E-state index in [9.17, 15) is 9.90 Å². The van der Waals surface area contributed by atoms with Gasteiger partial charge in [-0.25, -0.2) is 9.48 Å².